The minimum absolute atomic E-state index is 0. The van der Waals surface area contributed by atoms with Crippen molar-refractivity contribution in [3.05, 3.63) is 0 Å². The molecule has 0 spiro atoms. The summed E-state index contributed by atoms with van der Waals surface area (Å²) in [4.78, 5) is 9.34. The third kappa shape index (κ3) is 7.44. The average molecular weight is 452 g/mol. The fourth-order valence-corrected chi connectivity index (χ4v) is 3.82. The van der Waals surface area contributed by atoms with E-state index < -0.39 is 0 Å². The number of likely N-dealkylation sites (tertiary alicyclic amines) is 1. The second-order valence-corrected chi connectivity index (χ2v) is 7.70. The lowest BCUT2D eigenvalue weighted by Gasteiger charge is -2.34. The number of piperidine rings is 1. The molecule has 2 atom stereocenters. The largest absolute Gasteiger partial charge is 0.381 e. The molecule has 0 radical (unpaired) electrons. The maximum Gasteiger partial charge on any atom is 0.193 e. The predicted octanol–water partition coefficient (Wildman–Crippen LogP) is 2.52. The lowest BCUT2D eigenvalue weighted by atomic mass is 9.97. The number of nitrogens with one attached hydrogen (secondary N) is 1. The summed E-state index contributed by atoms with van der Waals surface area (Å²) in [5.41, 5.74) is 0. The standard InChI is InChI=1S/C18H36N4O.HI/c1-15(2)11-22-8-5-6-16(13-22)10-20-18(19-3)21(4)12-17-7-9-23-14-17;/h15-17H,5-14H2,1-4H3,(H,19,20);1H. The van der Waals surface area contributed by atoms with Gasteiger partial charge in [0.15, 0.2) is 5.96 Å². The van der Waals surface area contributed by atoms with Crippen molar-refractivity contribution in [1.29, 1.82) is 0 Å². The Balaban J connectivity index is 0.00000288. The van der Waals surface area contributed by atoms with Gasteiger partial charge in [0.25, 0.3) is 0 Å². The van der Waals surface area contributed by atoms with Gasteiger partial charge in [-0.05, 0) is 37.6 Å². The number of aliphatic imine (C=N–C) groups is 1. The summed E-state index contributed by atoms with van der Waals surface area (Å²) < 4.78 is 5.48. The summed E-state index contributed by atoms with van der Waals surface area (Å²) in [5.74, 6) is 3.17. The molecular weight excluding hydrogens is 415 g/mol. The van der Waals surface area contributed by atoms with Crippen LogP contribution in [0.5, 0.6) is 0 Å². The predicted molar refractivity (Wildman–Crippen MR) is 112 cm³/mol. The van der Waals surface area contributed by atoms with E-state index in [1.54, 1.807) is 0 Å². The van der Waals surface area contributed by atoms with Gasteiger partial charge in [-0.1, -0.05) is 13.8 Å². The Kier molecular flexibility index (Phi) is 10.5. The van der Waals surface area contributed by atoms with Gasteiger partial charge < -0.3 is 19.9 Å². The van der Waals surface area contributed by atoms with Gasteiger partial charge in [-0.3, -0.25) is 4.99 Å². The van der Waals surface area contributed by atoms with Crippen molar-refractivity contribution in [2.75, 3.05) is 60.0 Å². The van der Waals surface area contributed by atoms with Crippen LogP contribution in [0.15, 0.2) is 4.99 Å². The molecule has 2 aliphatic heterocycles. The summed E-state index contributed by atoms with van der Waals surface area (Å²) in [6.45, 7) is 12.2. The molecule has 0 aromatic carbocycles. The van der Waals surface area contributed by atoms with Gasteiger partial charge in [0.05, 0.1) is 6.61 Å². The Morgan fingerprint density at radius 3 is 2.75 bits per heavy atom. The number of nitrogens with zero attached hydrogens (tertiary/aromatic N) is 3. The monoisotopic (exact) mass is 452 g/mol. The molecule has 0 aliphatic carbocycles. The molecule has 0 bridgehead atoms. The fourth-order valence-electron chi connectivity index (χ4n) is 3.82. The quantitative estimate of drug-likeness (QED) is 0.382. The van der Waals surface area contributed by atoms with E-state index in [1.165, 1.54) is 38.9 Å². The molecule has 142 valence electrons. The molecule has 2 rings (SSSR count). The van der Waals surface area contributed by atoms with Crippen molar-refractivity contribution in [2.45, 2.75) is 33.1 Å². The number of halogens is 1. The molecule has 2 fully saturated rings. The SMILES string of the molecule is CN=C(NCC1CCCN(CC(C)C)C1)N(C)CC1CCOC1.I. The van der Waals surface area contributed by atoms with Crippen molar-refractivity contribution in [3.8, 4) is 0 Å². The van der Waals surface area contributed by atoms with E-state index in [2.05, 4.69) is 41.0 Å². The van der Waals surface area contributed by atoms with Gasteiger partial charge in [-0.25, -0.2) is 0 Å². The number of hydrogen-bond acceptors (Lipinski definition) is 3. The van der Waals surface area contributed by atoms with Gasteiger partial charge in [0, 0.05) is 52.8 Å². The highest BCUT2D eigenvalue weighted by molar-refractivity contribution is 14.0. The molecule has 6 heteroatoms. The second kappa shape index (κ2) is 11.5. The molecular formula is C18H37IN4O. The highest BCUT2D eigenvalue weighted by Gasteiger charge is 2.22. The van der Waals surface area contributed by atoms with Crippen molar-refractivity contribution in [3.63, 3.8) is 0 Å². The number of ether oxygens (including phenoxy) is 1. The molecule has 24 heavy (non-hydrogen) atoms. The van der Waals surface area contributed by atoms with Crippen molar-refractivity contribution >= 4 is 29.9 Å². The van der Waals surface area contributed by atoms with Crippen molar-refractivity contribution < 1.29 is 4.74 Å². The fraction of sp³-hybridized carbons (Fsp3) is 0.944. The lowest BCUT2D eigenvalue weighted by molar-refractivity contribution is 0.158. The normalized spacial score (nSPS) is 25.6. The Morgan fingerprint density at radius 2 is 2.12 bits per heavy atom. The van der Waals surface area contributed by atoms with Crippen LogP contribution in [0.1, 0.15) is 33.1 Å². The van der Waals surface area contributed by atoms with Crippen LogP contribution < -0.4 is 5.32 Å². The third-order valence-corrected chi connectivity index (χ3v) is 4.90. The zero-order valence-corrected chi connectivity index (χ0v) is 18.3. The van der Waals surface area contributed by atoms with Gasteiger partial charge in [0.1, 0.15) is 0 Å². The lowest BCUT2D eigenvalue weighted by Crippen LogP contribution is -2.46. The second-order valence-electron chi connectivity index (χ2n) is 7.70. The molecule has 2 heterocycles. The average Bonchev–Trinajstić information content (AvgIpc) is 3.00. The molecule has 1 N–H and O–H groups in total. The summed E-state index contributed by atoms with van der Waals surface area (Å²) in [6, 6.07) is 0. The maximum atomic E-state index is 5.48. The van der Waals surface area contributed by atoms with Crippen LogP contribution in [0.3, 0.4) is 0 Å². The summed E-state index contributed by atoms with van der Waals surface area (Å²) in [7, 11) is 4.02. The minimum Gasteiger partial charge on any atom is -0.381 e. The first-order chi connectivity index (χ1) is 11.1. The van der Waals surface area contributed by atoms with Crippen LogP contribution in [0.2, 0.25) is 0 Å². The molecule has 2 saturated heterocycles. The molecule has 2 aliphatic rings. The highest BCUT2D eigenvalue weighted by atomic mass is 127. The molecule has 0 aromatic rings. The van der Waals surface area contributed by atoms with Crippen LogP contribution in [0, 0.1) is 17.8 Å². The third-order valence-electron chi connectivity index (χ3n) is 4.90. The van der Waals surface area contributed by atoms with Gasteiger partial charge in [-0.15, -0.1) is 24.0 Å². The Morgan fingerprint density at radius 1 is 1.33 bits per heavy atom. The number of hydrogen-bond donors (Lipinski definition) is 1. The van der Waals surface area contributed by atoms with Crippen LogP contribution in [0.25, 0.3) is 0 Å². The van der Waals surface area contributed by atoms with E-state index in [4.69, 9.17) is 4.74 Å². The van der Waals surface area contributed by atoms with Gasteiger partial charge in [-0.2, -0.15) is 0 Å². The highest BCUT2D eigenvalue weighted by Crippen LogP contribution is 2.17. The molecule has 5 nitrogen and oxygen atoms in total. The first-order valence-corrected chi connectivity index (χ1v) is 9.30. The molecule has 0 saturated carbocycles. The minimum atomic E-state index is 0. The van der Waals surface area contributed by atoms with E-state index >= 15 is 0 Å². The van der Waals surface area contributed by atoms with E-state index in [1.807, 2.05) is 7.05 Å². The van der Waals surface area contributed by atoms with Crippen LogP contribution >= 0.6 is 24.0 Å². The van der Waals surface area contributed by atoms with Gasteiger partial charge in [0.2, 0.25) is 0 Å². The van der Waals surface area contributed by atoms with Crippen molar-refractivity contribution in [2.24, 2.45) is 22.7 Å². The Labute approximate surface area is 165 Å². The van der Waals surface area contributed by atoms with Gasteiger partial charge >= 0.3 is 0 Å². The summed E-state index contributed by atoms with van der Waals surface area (Å²) in [5, 5.41) is 3.60. The smallest absolute Gasteiger partial charge is 0.193 e. The van der Waals surface area contributed by atoms with E-state index in [9.17, 15) is 0 Å². The Hall–Kier alpha value is -0.0800. The summed E-state index contributed by atoms with van der Waals surface area (Å²) in [6.07, 6.45) is 3.83. The maximum absolute atomic E-state index is 5.48. The van der Waals surface area contributed by atoms with Crippen molar-refractivity contribution in [1.82, 2.24) is 15.1 Å². The topological polar surface area (TPSA) is 40.1 Å². The Bertz CT molecular complexity index is 372. The molecule has 0 amide bonds. The van der Waals surface area contributed by atoms with E-state index in [-0.39, 0.29) is 24.0 Å². The first-order valence-electron chi connectivity index (χ1n) is 9.30. The zero-order chi connectivity index (χ0) is 16.7. The summed E-state index contributed by atoms with van der Waals surface area (Å²) >= 11 is 0. The first kappa shape index (κ1) is 22.0. The molecule has 2 unspecified atom stereocenters. The number of rotatable bonds is 6. The van der Waals surface area contributed by atoms with Crippen LogP contribution in [-0.2, 0) is 4.74 Å². The zero-order valence-electron chi connectivity index (χ0n) is 16.0. The van der Waals surface area contributed by atoms with Crippen LogP contribution in [-0.4, -0.2) is 75.8 Å². The molecule has 0 aromatic heterocycles. The van der Waals surface area contributed by atoms with E-state index in [0.717, 1.165) is 44.1 Å². The van der Waals surface area contributed by atoms with Crippen LogP contribution in [0.4, 0.5) is 0 Å². The number of guanidine groups is 1. The van der Waals surface area contributed by atoms with E-state index in [0.29, 0.717) is 5.92 Å².